The lowest BCUT2D eigenvalue weighted by Crippen LogP contribution is -2.14. The second-order valence-corrected chi connectivity index (χ2v) is 2.39. The normalized spacial score (nSPS) is 18.3. The summed E-state index contributed by atoms with van der Waals surface area (Å²) in [5.41, 5.74) is 0.00579. The number of aromatic amines is 1. The summed E-state index contributed by atoms with van der Waals surface area (Å²) in [7, 11) is 0. The summed E-state index contributed by atoms with van der Waals surface area (Å²) in [5, 5.41) is 14.7. The van der Waals surface area contributed by atoms with E-state index in [2.05, 4.69) is 32.2 Å². The van der Waals surface area contributed by atoms with E-state index in [0.717, 1.165) is 5.69 Å². The van der Waals surface area contributed by atoms with E-state index in [0.29, 0.717) is 0 Å². The van der Waals surface area contributed by atoms with E-state index in [4.69, 9.17) is 0 Å². The highest BCUT2D eigenvalue weighted by Gasteiger charge is 2.32. The van der Waals surface area contributed by atoms with Gasteiger partial charge in [-0.25, -0.2) is 0 Å². The van der Waals surface area contributed by atoms with E-state index in [1.807, 2.05) is 12.1 Å². The van der Waals surface area contributed by atoms with Crippen LogP contribution in [0.15, 0.2) is 51.7 Å². The molecular weight excluding hydrogens is 154 g/mol. The molecule has 1 aliphatic heterocycles. The van der Waals surface area contributed by atoms with Gasteiger partial charge < -0.3 is 4.98 Å². The first-order valence-electron chi connectivity index (χ1n) is 3.49. The standard InChI is InChI=1S/C7H7N5/c1-2-7(9-11-12-10-7)6-4-3-5-8-6/h2-5,8H,1H2. The molecule has 0 fully saturated rings. The fourth-order valence-electron chi connectivity index (χ4n) is 1.05. The summed E-state index contributed by atoms with van der Waals surface area (Å²) in [6, 6.07) is 3.73. The van der Waals surface area contributed by atoms with Crippen LogP contribution in [0.2, 0.25) is 0 Å². The van der Waals surface area contributed by atoms with Gasteiger partial charge in [-0.3, -0.25) is 0 Å². The largest absolute Gasteiger partial charge is 0.361 e. The second kappa shape index (κ2) is 2.37. The minimum Gasteiger partial charge on any atom is -0.361 e. The third-order valence-electron chi connectivity index (χ3n) is 1.71. The van der Waals surface area contributed by atoms with Crippen molar-refractivity contribution < 1.29 is 0 Å². The maximum absolute atomic E-state index is 3.87. The molecule has 1 aromatic rings. The van der Waals surface area contributed by atoms with Crippen molar-refractivity contribution >= 4 is 0 Å². The summed E-state index contributed by atoms with van der Waals surface area (Å²) >= 11 is 0. The summed E-state index contributed by atoms with van der Waals surface area (Å²) in [6.07, 6.45) is 3.39. The van der Waals surface area contributed by atoms with Gasteiger partial charge in [0.05, 0.1) is 5.69 Å². The number of nitrogens with one attached hydrogen (secondary N) is 1. The topological polar surface area (TPSA) is 65.2 Å². The third kappa shape index (κ3) is 0.795. The Bertz CT molecular complexity index is 323. The van der Waals surface area contributed by atoms with Gasteiger partial charge in [-0.1, -0.05) is 6.58 Å². The van der Waals surface area contributed by atoms with Crippen molar-refractivity contribution in [2.75, 3.05) is 0 Å². The lowest BCUT2D eigenvalue weighted by Gasteiger charge is -2.11. The van der Waals surface area contributed by atoms with Gasteiger partial charge in [0.1, 0.15) is 0 Å². The zero-order valence-corrected chi connectivity index (χ0v) is 6.31. The highest BCUT2D eigenvalue weighted by molar-refractivity contribution is 5.22. The van der Waals surface area contributed by atoms with Crippen molar-refractivity contribution in [3.63, 3.8) is 0 Å². The maximum atomic E-state index is 3.87. The van der Waals surface area contributed by atoms with Gasteiger partial charge in [-0.2, -0.15) is 0 Å². The van der Waals surface area contributed by atoms with Crippen LogP contribution >= 0.6 is 0 Å². The Morgan fingerprint density at radius 3 is 2.67 bits per heavy atom. The Hall–Kier alpha value is -1.78. The molecule has 12 heavy (non-hydrogen) atoms. The third-order valence-corrected chi connectivity index (χ3v) is 1.71. The van der Waals surface area contributed by atoms with Crippen molar-refractivity contribution in [1.29, 1.82) is 0 Å². The van der Waals surface area contributed by atoms with Crippen molar-refractivity contribution in [3.8, 4) is 0 Å². The van der Waals surface area contributed by atoms with Crippen molar-refractivity contribution in [2.24, 2.45) is 20.7 Å². The number of rotatable bonds is 2. The molecule has 1 aliphatic rings. The molecule has 0 spiro atoms. The Kier molecular flexibility index (Phi) is 1.36. The van der Waals surface area contributed by atoms with Crippen LogP contribution in [-0.4, -0.2) is 4.98 Å². The molecule has 0 aliphatic carbocycles. The monoisotopic (exact) mass is 161 g/mol. The molecule has 0 aromatic carbocycles. The lowest BCUT2D eigenvalue weighted by molar-refractivity contribution is 0.574. The Morgan fingerprint density at radius 2 is 2.17 bits per heavy atom. The number of nitrogens with zero attached hydrogens (tertiary/aromatic N) is 4. The van der Waals surface area contributed by atoms with Crippen LogP contribution in [-0.2, 0) is 5.66 Å². The molecule has 1 N–H and O–H groups in total. The highest BCUT2D eigenvalue weighted by atomic mass is 15.6. The minimum absolute atomic E-state index is 0.816. The summed E-state index contributed by atoms with van der Waals surface area (Å²) in [6.45, 7) is 3.64. The first-order valence-corrected chi connectivity index (χ1v) is 3.49. The predicted octanol–water partition coefficient (Wildman–Crippen LogP) is 2.19. The molecule has 0 unspecified atom stereocenters. The molecular formula is C7H7N5. The minimum atomic E-state index is -0.816. The van der Waals surface area contributed by atoms with Gasteiger partial charge in [-0.05, 0) is 28.7 Å². The Labute approximate surface area is 68.9 Å². The van der Waals surface area contributed by atoms with E-state index in [-0.39, 0.29) is 0 Å². The van der Waals surface area contributed by atoms with E-state index < -0.39 is 5.66 Å². The van der Waals surface area contributed by atoms with Crippen molar-refractivity contribution in [1.82, 2.24) is 4.98 Å². The van der Waals surface area contributed by atoms with Gasteiger partial charge in [0, 0.05) is 6.20 Å². The number of hydrogen-bond donors (Lipinski definition) is 1. The van der Waals surface area contributed by atoms with Crippen LogP contribution in [0.25, 0.3) is 0 Å². The average molecular weight is 161 g/mol. The van der Waals surface area contributed by atoms with Crippen LogP contribution in [0.4, 0.5) is 0 Å². The van der Waals surface area contributed by atoms with E-state index >= 15 is 0 Å². The highest BCUT2D eigenvalue weighted by Crippen LogP contribution is 2.31. The summed E-state index contributed by atoms with van der Waals surface area (Å²) in [4.78, 5) is 2.99. The van der Waals surface area contributed by atoms with Crippen LogP contribution in [0.5, 0.6) is 0 Å². The van der Waals surface area contributed by atoms with Crippen molar-refractivity contribution in [2.45, 2.75) is 5.66 Å². The van der Waals surface area contributed by atoms with Gasteiger partial charge >= 0.3 is 0 Å². The SMILES string of the molecule is C=CC1(c2ccc[nH]2)N=NN=N1. The van der Waals surface area contributed by atoms with E-state index in [9.17, 15) is 0 Å². The first kappa shape index (κ1) is 6.90. The molecule has 0 radical (unpaired) electrons. The zero-order valence-electron chi connectivity index (χ0n) is 6.31. The van der Waals surface area contributed by atoms with Crippen LogP contribution in [0.1, 0.15) is 5.69 Å². The fourth-order valence-corrected chi connectivity index (χ4v) is 1.05. The Balaban J connectivity index is 2.49. The molecule has 0 saturated heterocycles. The van der Waals surface area contributed by atoms with Gasteiger partial charge in [-0.15, -0.1) is 10.2 Å². The van der Waals surface area contributed by atoms with Gasteiger partial charge in [0.15, 0.2) is 0 Å². The molecule has 2 heterocycles. The van der Waals surface area contributed by atoms with Crippen LogP contribution < -0.4 is 0 Å². The smallest absolute Gasteiger partial charge is 0.252 e. The second-order valence-electron chi connectivity index (χ2n) is 2.39. The van der Waals surface area contributed by atoms with Gasteiger partial charge in [0.2, 0.25) is 0 Å². The predicted molar refractivity (Wildman–Crippen MR) is 42.4 cm³/mol. The number of aromatic nitrogens is 1. The molecule has 1 aromatic heterocycles. The summed E-state index contributed by atoms with van der Waals surface area (Å²) in [5.74, 6) is 0. The van der Waals surface area contributed by atoms with Crippen LogP contribution in [0, 0.1) is 0 Å². The lowest BCUT2D eigenvalue weighted by atomic mass is 10.1. The fraction of sp³-hybridized carbons (Fsp3) is 0.143. The first-order chi connectivity index (χ1) is 5.87. The molecule has 0 atom stereocenters. The number of H-pyrrole nitrogens is 1. The number of hydrogen-bond acceptors (Lipinski definition) is 4. The average Bonchev–Trinajstić information content (AvgIpc) is 2.76. The summed E-state index contributed by atoms with van der Waals surface area (Å²) < 4.78 is 0. The molecule has 0 bridgehead atoms. The van der Waals surface area contributed by atoms with E-state index in [1.54, 1.807) is 12.3 Å². The van der Waals surface area contributed by atoms with E-state index in [1.165, 1.54) is 0 Å². The quantitative estimate of drug-likeness (QED) is 0.646. The van der Waals surface area contributed by atoms with Gasteiger partial charge in [0.25, 0.3) is 5.66 Å². The molecule has 2 rings (SSSR count). The molecule has 0 saturated carbocycles. The Morgan fingerprint density at radius 1 is 1.42 bits per heavy atom. The molecule has 5 heteroatoms. The van der Waals surface area contributed by atoms with Crippen molar-refractivity contribution in [3.05, 3.63) is 36.7 Å². The zero-order chi connectivity index (χ0) is 8.44. The van der Waals surface area contributed by atoms with Crippen LogP contribution in [0.3, 0.4) is 0 Å². The maximum Gasteiger partial charge on any atom is 0.252 e. The molecule has 60 valence electrons. The molecule has 0 amide bonds. The molecule has 5 nitrogen and oxygen atoms in total.